The molecule has 0 unspecified atom stereocenters. The number of hydrogen-bond acceptors (Lipinski definition) is 3. The zero-order valence-electron chi connectivity index (χ0n) is 10.4. The van der Waals surface area contributed by atoms with Crippen LogP contribution < -0.4 is 0 Å². The lowest BCUT2D eigenvalue weighted by Gasteiger charge is -2.31. The van der Waals surface area contributed by atoms with Crippen LogP contribution in [-0.4, -0.2) is 50.2 Å². The third-order valence-electron chi connectivity index (χ3n) is 2.98. The van der Waals surface area contributed by atoms with Crippen LogP contribution >= 0.6 is 39.1 Å². The van der Waals surface area contributed by atoms with Gasteiger partial charge in [0.2, 0.25) is 15.9 Å². The van der Waals surface area contributed by atoms with E-state index in [9.17, 15) is 13.2 Å². The largest absolute Gasteiger partial charge is 0.343 e. The monoisotopic (exact) mass is 400 g/mol. The Morgan fingerprint density at radius 3 is 2.25 bits per heavy atom. The highest BCUT2D eigenvalue weighted by Crippen LogP contribution is 2.34. The van der Waals surface area contributed by atoms with Crippen LogP contribution in [0.1, 0.15) is 0 Å². The number of benzene rings is 1. The molecule has 1 aliphatic rings. The molecule has 1 amide bonds. The number of halogens is 3. The van der Waals surface area contributed by atoms with Gasteiger partial charge in [-0.3, -0.25) is 4.79 Å². The summed E-state index contributed by atoms with van der Waals surface area (Å²) in [6.45, 7) is 0.346. The van der Waals surface area contributed by atoms with Crippen LogP contribution in [0.15, 0.2) is 21.5 Å². The molecule has 0 aromatic heterocycles. The lowest BCUT2D eigenvalue weighted by molar-refractivity contribution is -0.132. The maximum Gasteiger partial charge on any atom is 0.246 e. The number of rotatable bonds is 2. The van der Waals surface area contributed by atoms with E-state index in [4.69, 9.17) is 23.2 Å². The Hall–Kier alpha value is -0.340. The SMILES string of the molecule is CN1CCN(S(=O)(=O)c2c(Cl)cc(Br)cc2Cl)CC1=O. The fourth-order valence-electron chi connectivity index (χ4n) is 1.85. The number of likely N-dealkylation sites (N-methyl/N-ethyl adjacent to an activating group) is 1. The molecule has 1 fully saturated rings. The predicted molar refractivity (Wildman–Crippen MR) is 80.6 cm³/mol. The van der Waals surface area contributed by atoms with E-state index in [1.807, 2.05) is 0 Å². The Balaban J connectivity index is 2.44. The van der Waals surface area contributed by atoms with Crippen LogP contribution in [0.2, 0.25) is 10.0 Å². The molecule has 9 heteroatoms. The Morgan fingerprint density at radius 1 is 1.20 bits per heavy atom. The van der Waals surface area contributed by atoms with E-state index in [2.05, 4.69) is 15.9 Å². The summed E-state index contributed by atoms with van der Waals surface area (Å²) in [5.41, 5.74) is 0. The van der Waals surface area contributed by atoms with Crippen LogP contribution in [0, 0.1) is 0 Å². The maximum absolute atomic E-state index is 12.6. The van der Waals surface area contributed by atoms with Gasteiger partial charge in [-0.1, -0.05) is 39.1 Å². The summed E-state index contributed by atoms with van der Waals surface area (Å²) in [5.74, 6) is -0.260. The molecule has 1 aromatic carbocycles. The van der Waals surface area contributed by atoms with Gasteiger partial charge in [0.05, 0.1) is 16.6 Å². The van der Waals surface area contributed by atoms with Gasteiger partial charge < -0.3 is 4.90 Å². The van der Waals surface area contributed by atoms with Crippen molar-refractivity contribution in [2.24, 2.45) is 0 Å². The van der Waals surface area contributed by atoms with Crippen molar-refractivity contribution < 1.29 is 13.2 Å². The summed E-state index contributed by atoms with van der Waals surface area (Å²) < 4.78 is 26.8. The van der Waals surface area contributed by atoms with Gasteiger partial charge in [0.25, 0.3) is 0 Å². The molecule has 0 saturated carbocycles. The number of piperazine rings is 1. The minimum atomic E-state index is -3.90. The summed E-state index contributed by atoms with van der Waals surface area (Å²) in [5, 5.41) is 0.0477. The molecule has 1 heterocycles. The van der Waals surface area contributed by atoms with Crippen molar-refractivity contribution in [2.45, 2.75) is 4.90 Å². The Labute approximate surface area is 135 Å². The standard InChI is InChI=1S/C11H11BrCl2N2O3S/c1-15-2-3-16(6-10(15)17)20(18,19)11-8(13)4-7(12)5-9(11)14/h4-5H,2-3,6H2,1H3. The molecule has 1 aliphatic heterocycles. The lowest BCUT2D eigenvalue weighted by atomic mass is 10.4. The minimum Gasteiger partial charge on any atom is -0.343 e. The molecule has 0 spiro atoms. The minimum absolute atomic E-state index is 0.0238. The van der Waals surface area contributed by atoms with E-state index < -0.39 is 10.0 Å². The quantitative estimate of drug-likeness (QED) is 0.763. The van der Waals surface area contributed by atoms with Gasteiger partial charge in [-0.05, 0) is 12.1 Å². The predicted octanol–water partition coefficient (Wildman–Crippen LogP) is 2.22. The summed E-state index contributed by atoms with van der Waals surface area (Å²) in [7, 11) is -2.26. The Morgan fingerprint density at radius 2 is 1.75 bits per heavy atom. The zero-order valence-corrected chi connectivity index (χ0v) is 14.4. The maximum atomic E-state index is 12.6. The molecule has 0 bridgehead atoms. The molecular weight excluding hydrogens is 391 g/mol. The summed E-state index contributed by atoms with van der Waals surface area (Å²) >= 11 is 15.2. The summed E-state index contributed by atoms with van der Waals surface area (Å²) in [6, 6.07) is 2.91. The third-order valence-corrected chi connectivity index (χ3v) is 6.21. The average molecular weight is 402 g/mol. The van der Waals surface area contributed by atoms with Gasteiger partial charge in [0.15, 0.2) is 0 Å². The Bertz CT molecular complexity index is 643. The second-order valence-corrected chi connectivity index (χ2v) is 7.96. The molecule has 5 nitrogen and oxygen atoms in total. The fourth-order valence-corrected chi connectivity index (χ4v) is 5.11. The number of amides is 1. The van der Waals surface area contributed by atoms with Gasteiger partial charge in [-0.2, -0.15) is 4.31 Å². The van der Waals surface area contributed by atoms with Crippen molar-refractivity contribution in [3.05, 3.63) is 26.7 Å². The van der Waals surface area contributed by atoms with Crippen LogP contribution in [0.25, 0.3) is 0 Å². The van der Waals surface area contributed by atoms with Gasteiger partial charge in [0, 0.05) is 24.6 Å². The first kappa shape index (κ1) is 16.0. The molecule has 0 radical (unpaired) electrons. The highest BCUT2D eigenvalue weighted by Gasteiger charge is 2.34. The van der Waals surface area contributed by atoms with E-state index in [0.717, 1.165) is 4.31 Å². The van der Waals surface area contributed by atoms with Crippen molar-refractivity contribution in [2.75, 3.05) is 26.7 Å². The highest BCUT2D eigenvalue weighted by atomic mass is 79.9. The topological polar surface area (TPSA) is 57.7 Å². The van der Waals surface area contributed by atoms with Gasteiger partial charge in [0.1, 0.15) is 4.90 Å². The number of hydrogen-bond donors (Lipinski definition) is 0. The first-order valence-electron chi connectivity index (χ1n) is 5.62. The molecule has 20 heavy (non-hydrogen) atoms. The smallest absolute Gasteiger partial charge is 0.246 e. The molecule has 2 rings (SSSR count). The summed E-state index contributed by atoms with van der Waals surface area (Å²) in [4.78, 5) is 13.0. The summed E-state index contributed by atoms with van der Waals surface area (Å²) in [6.07, 6.45) is 0. The molecule has 110 valence electrons. The van der Waals surface area contributed by atoms with E-state index in [0.29, 0.717) is 11.0 Å². The number of carbonyl (C=O) groups is 1. The van der Waals surface area contributed by atoms with E-state index >= 15 is 0 Å². The number of sulfonamides is 1. The number of carbonyl (C=O) groups excluding carboxylic acids is 1. The first-order valence-corrected chi connectivity index (χ1v) is 8.61. The normalized spacial score (nSPS) is 17.6. The van der Waals surface area contributed by atoms with Gasteiger partial charge >= 0.3 is 0 Å². The van der Waals surface area contributed by atoms with E-state index in [-0.39, 0.29) is 33.9 Å². The molecule has 0 aliphatic carbocycles. The van der Waals surface area contributed by atoms with Gasteiger partial charge in [-0.15, -0.1) is 0 Å². The van der Waals surface area contributed by atoms with Crippen molar-refractivity contribution in [3.63, 3.8) is 0 Å². The first-order chi connectivity index (χ1) is 9.23. The number of nitrogens with zero attached hydrogens (tertiary/aromatic N) is 2. The lowest BCUT2D eigenvalue weighted by Crippen LogP contribution is -2.50. The zero-order chi connectivity index (χ0) is 15.1. The van der Waals surface area contributed by atoms with Crippen LogP contribution in [-0.2, 0) is 14.8 Å². The van der Waals surface area contributed by atoms with E-state index in [1.165, 1.54) is 17.0 Å². The van der Waals surface area contributed by atoms with Crippen LogP contribution in [0.5, 0.6) is 0 Å². The van der Waals surface area contributed by atoms with Crippen molar-refractivity contribution >= 4 is 55.1 Å². The fraction of sp³-hybridized carbons (Fsp3) is 0.364. The third kappa shape index (κ3) is 2.96. The van der Waals surface area contributed by atoms with E-state index in [1.54, 1.807) is 7.05 Å². The molecule has 1 aromatic rings. The van der Waals surface area contributed by atoms with Crippen molar-refractivity contribution in [1.29, 1.82) is 0 Å². The average Bonchev–Trinajstić information content (AvgIpc) is 2.30. The van der Waals surface area contributed by atoms with Crippen LogP contribution in [0.4, 0.5) is 0 Å². The molecule has 1 saturated heterocycles. The molecule has 0 atom stereocenters. The van der Waals surface area contributed by atoms with Crippen molar-refractivity contribution in [3.8, 4) is 0 Å². The second-order valence-electron chi connectivity index (χ2n) is 4.35. The second kappa shape index (κ2) is 5.81. The Kier molecular flexibility index (Phi) is 4.66. The van der Waals surface area contributed by atoms with Gasteiger partial charge in [-0.25, -0.2) is 8.42 Å². The van der Waals surface area contributed by atoms with Crippen LogP contribution in [0.3, 0.4) is 0 Å². The molecule has 0 N–H and O–H groups in total. The molecular formula is C11H11BrCl2N2O3S. The highest BCUT2D eigenvalue weighted by molar-refractivity contribution is 9.10. The van der Waals surface area contributed by atoms with Crippen molar-refractivity contribution in [1.82, 2.24) is 9.21 Å².